The fourth-order valence-electron chi connectivity index (χ4n) is 3.77. The number of hydrogen-bond donors (Lipinski definition) is 1. The van der Waals surface area contributed by atoms with Crippen molar-refractivity contribution in [1.29, 1.82) is 0 Å². The molecule has 32 heavy (non-hydrogen) atoms. The number of amides is 1. The van der Waals surface area contributed by atoms with Crippen molar-refractivity contribution in [2.75, 3.05) is 23.3 Å². The van der Waals surface area contributed by atoms with E-state index < -0.39 is 10.8 Å². The molecule has 1 aliphatic rings. The smallest absolute Gasteiger partial charge is 0.293 e. The van der Waals surface area contributed by atoms with Crippen molar-refractivity contribution in [2.45, 2.75) is 19.8 Å². The summed E-state index contributed by atoms with van der Waals surface area (Å²) in [6, 6.07) is 11.9. The number of nitro groups is 1. The first-order chi connectivity index (χ1) is 15.5. The highest BCUT2D eigenvalue weighted by molar-refractivity contribution is 7.19. The molecule has 2 aromatic carbocycles. The van der Waals surface area contributed by atoms with Crippen LogP contribution in [0.25, 0.3) is 15.5 Å². The number of fused-ring (bicyclic) bond motifs is 1. The number of aryl methyl sites for hydroxylation is 1. The molecule has 4 aromatic rings. The number of carbonyl (C=O) groups is 1. The standard InChI is InChI=1S/C21H19N7O3S/c1-13-23-24-21-27(13)25-20(32-21)14-4-7-16(8-5-14)22-19(29)15-6-9-17(18(12-15)28(30)31)26-10-2-3-11-26/h4-9,12H,2-3,10-11H2,1H3,(H,22,29). The summed E-state index contributed by atoms with van der Waals surface area (Å²) < 4.78 is 1.69. The maximum atomic E-state index is 12.7. The first-order valence-electron chi connectivity index (χ1n) is 10.1. The van der Waals surface area contributed by atoms with Gasteiger partial charge in [0.05, 0.1) is 4.92 Å². The van der Waals surface area contributed by atoms with Gasteiger partial charge in [-0.05, 0) is 56.2 Å². The molecule has 1 amide bonds. The van der Waals surface area contributed by atoms with Gasteiger partial charge in [-0.2, -0.15) is 9.61 Å². The topological polar surface area (TPSA) is 119 Å². The van der Waals surface area contributed by atoms with E-state index in [1.165, 1.54) is 17.4 Å². The maximum Gasteiger partial charge on any atom is 0.293 e. The fraction of sp³-hybridized carbons (Fsp3) is 0.238. The van der Waals surface area contributed by atoms with E-state index in [0.29, 0.717) is 16.3 Å². The van der Waals surface area contributed by atoms with Crippen LogP contribution in [0.3, 0.4) is 0 Å². The van der Waals surface area contributed by atoms with Gasteiger partial charge in [0.2, 0.25) is 4.96 Å². The molecule has 5 rings (SSSR count). The number of rotatable bonds is 5. The lowest BCUT2D eigenvalue weighted by Crippen LogP contribution is -2.19. The highest BCUT2D eigenvalue weighted by Crippen LogP contribution is 2.32. The van der Waals surface area contributed by atoms with Gasteiger partial charge >= 0.3 is 0 Å². The van der Waals surface area contributed by atoms with Gasteiger partial charge in [0.25, 0.3) is 11.6 Å². The van der Waals surface area contributed by atoms with Crippen molar-refractivity contribution in [1.82, 2.24) is 19.8 Å². The van der Waals surface area contributed by atoms with Crippen LogP contribution < -0.4 is 10.2 Å². The third kappa shape index (κ3) is 3.66. The first kappa shape index (κ1) is 20.1. The Morgan fingerprint density at radius 1 is 1.12 bits per heavy atom. The molecule has 0 saturated carbocycles. The zero-order chi connectivity index (χ0) is 22.2. The summed E-state index contributed by atoms with van der Waals surface area (Å²) in [6.07, 6.45) is 2.03. The monoisotopic (exact) mass is 449 g/mol. The SMILES string of the molecule is Cc1nnc2sc(-c3ccc(NC(=O)c4ccc(N5CCCC5)c([N+](=O)[O-])c4)cc3)nn12. The number of benzene rings is 2. The normalized spacial score (nSPS) is 13.6. The zero-order valence-electron chi connectivity index (χ0n) is 17.2. The molecular weight excluding hydrogens is 430 g/mol. The van der Waals surface area contributed by atoms with Crippen LogP contribution in [0.1, 0.15) is 29.0 Å². The molecule has 1 saturated heterocycles. The Bertz CT molecular complexity index is 1320. The van der Waals surface area contributed by atoms with Gasteiger partial charge in [-0.15, -0.1) is 10.2 Å². The predicted molar refractivity (Wildman–Crippen MR) is 121 cm³/mol. The molecule has 0 aliphatic carbocycles. The van der Waals surface area contributed by atoms with Gasteiger partial charge in [-0.25, -0.2) is 0 Å². The minimum atomic E-state index is -0.429. The summed E-state index contributed by atoms with van der Waals surface area (Å²) >= 11 is 1.43. The average Bonchev–Trinajstić information content (AvgIpc) is 3.53. The zero-order valence-corrected chi connectivity index (χ0v) is 18.0. The van der Waals surface area contributed by atoms with Crippen molar-refractivity contribution < 1.29 is 9.72 Å². The predicted octanol–water partition coefficient (Wildman–Crippen LogP) is 3.92. The van der Waals surface area contributed by atoms with E-state index in [1.54, 1.807) is 28.8 Å². The summed E-state index contributed by atoms with van der Waals surface area (Å²) in [7, 11) is 0. The molecule has 162 valence electrons. The Balaban J connectivity index is 1.34. The fourth-order valence-corrected chi connectivity index (χ4v) is 4.66. The number of hydrogen-bond acceptors (Lipinski definition) is 8. The van der Waals surface area contributed by atoms with Crippen LogP contribution in [0, 0.1) is 17.0 Å². The number of anilines is 2. The van der Waals surface area contributed by atoms with E-state index >= 15 is 0 Å². The highest BCUT2D eigenvalue weighted by atomic mass is 32.1. The van der Waals surface area contributed by atoms with Gasteiger partial charge in [0, 0.05) is 36.0 Å². The molecule has 11 heteroatoms. The van der Waals surface area contributed by atoms with Crippen molar-refractivity contribution >= 4 is 39.3 Å². The van der Waals surface area contributed by atoms with Crippen LogP contribution in [0.4, 0.5) is 17.1 Å². The number of nitro benzene ring substituents is 1. The van der Waals surface area contributed by atoms with Gasteiger partial charge in [0.15, 0.2) is 5.82 Å². The molecule has 0 radical (unpaired) electrons. The number of nitrogens with one attached hydrogen (secondary N) is 1. The van der Waals surface area contributed by atoms with Crippen molar-refractivity contribution in [3.8, 4) is 10.6 Å². The number of aromatic nitrogens is 4. The quantitative estimate of drug-likeness (QED) is 0.362. The van der Waals surface area contributed by atoms with Crippen molar-refractivity contribution in [2.24, 2.45) is 0 Å². The van der Waals surface area contributed by atoms with Crippen LogP contribution in [0.5, 0.6) is 0 Å². The summed E-state index contributed by atoms with van der Waals surface area (Å²) in [6.45, 7) is 3.42. The van der Waals surface area contributed by atoms with Gasteiger partial charge < -0.3 is 10.2 Å². The molecule has 2 aromatic heterocycles. The van der Waals surface area contributed by atoms with Crippen LogP contribution in [-0.4, -0.2) is 43.7 Å². The lowest BCUT2D eigenvalue weighted by atomic mass is 10.1. The largest absolute Gasteiger partial charge is 0.366 e. The number of carbonyl (C=O) groups excluding carboxylic acids is 1. The molecular formula is C21H19N7O3S. The minimum Gasteiger partial charge on any atom is -0.366 e. The second kappa shape index (κ2) is 8.00. The van der Waals surface area contributed by atoms with E-state index in [4.69, 9.17) is 0 Å². The van der Waals surface area contributed by atoms with Gasteiger partial charge in [-0.1, -0.05) is 11.3 Å². The second-order valence-corrected chi connectivity index (χ2v) is 8.49. The van der Waals surface area contributed by atoms with E-state index in [0.717, 1.165) is 42.3 Å². The molecule has 0 unspecified atom stereocenters. The van der Waals surface area contributed by atoms with E-state index in [-0.39, 0.29) is 11.3 Å². The number of nitrogens with zero attached hydrogens (tertiary/aromatic N) is 6. The maximum absolute atomic E-state index is 12.7. The third-order valence-corrected chi connectivity index (χ3v) is 6.37. The lowest BCUT2D eigenvalue weighted by Gasteiger charge is -2.17. The van der Waals surface area contributed by atoms with Crippen LogP contribution in [0.2, 0.25) is 0 Å². The second-order valence-electron chi connectivity index (χ2n) is 7.54. The Hall–Kier alpha value is -3.86. The van der Waals surface area contributed by atoms with Crippen LogP contribution >= 0.6 is 11.3 Å². The minimum absolute atomic E-state index is 0.0477. The molecule has 0 atom stereocenters. The molecule has 1 aliphatic heterocycles. The van der Waals surface area contributed by atoms with Crippen LogP contribution in [0.15, 0.2) is 42.5 Å². The van der Waals surface area contributed by atoms with Crippen molar-refractivity contribution in [3.05, 3.63) is 64.0 Å². The summed E-state index contributed by atoms with van der Waals surface area (Å²) in [5, 5.41) is 27.7. The summed E-state index contributed by atoms with van der Waals surface area (Å²) in [5.41, 5.74) is 2.24. The molecule has 10 nitrogen and oxygen atoms in total. The average molecular weight is 449 g/mol. The first-order valence-corrected chi connectivity index (χ1v) is 11.0. The van der Waals surface area contributed by atoms with E-state index in [9.17, 15) is 14.9 Å². The van der Waals surface area contributed by atoms with E-state index in [1.807, 2.05) is 24.0 Å². The Kier molecular flexibility index (Phi) is 5.02. The Labute approximate surface area is 186 Å². The summed E-state index contributed by atoms with van der Waals surface area (Å²) in [5.74, 6) is 0.319. The molecule has 0 spiro atoms. The molecule has 1 N–H and O–H groups in total. The van der Waals surface area contributed by atoms with E-state index in [2.05, 4.69) is 20.6 Å². The third-order valence-electron chi connectivity index (χ3n) is 5.42. The van der Waals surface area contributed by atoms with Gasteiger partial charge in [-0.3, -0.25) is 14.9 Å². The van der Waals surface area contributed by atoms with Crippen molar-refractivity contribution in [3.63, 3.8) is 0 Å². The Morgan fingerprint density at radius 3 is 2.56 bits per heavy atom. The lowest BCUT2D eigenvalue weighted by molar-refractivity contribution is -0.384. The van der Waals surface area contributed by atoms with Crippen LogP contribution in [-0.2, 0) is 0 Å². The molecule has 1 fully saturated rings. The summed E-state index contributed by atoms with van der Waals surface area (Å²) in [4.78, 5) is 26.6. The highest BCUT2D eigenvalue weighted by Gasteiger charge is 2.24. The Morgan fingerprint density at radius 2 is 1.88 bits per heavy atom. The molecule has 0 bridgehead atoms. The van der Waals surface area contributed by atoms with Gasteiger partial charge in [0.1, 0.15) is 10.7 Å². The molecule has 3 heterocycles.